The Hall–Kier alpha value is -1.42. The fourth-order valence-corrected chi connectivity index (χ4v) is 2.37. The minimum Gasteiger partial charge on any atom is -0.342 e. The van der Waals surface area contributed by atoms with Crippen LogP contribution in [0.2, 0.25) is 0 Å². The van der Waals surface area contributed by atoms with Gasteiger partial charge in [-0.05, 0) is 37.1 Å². The highest BCUT2D eigenvalue weighted by Crippen LogP contribution is 2.08. The van der Waals surface area contributed by atoms with Crippen LogP contribution >= 0.6 is 0 Å². The zero-order valence-electron chi connectivity index (χ0n) is 13.4. The summed E-state index contributed by atoms with van der Waals surface area (Å²) in [5, 5.41) is 0. The first kappa shape index (κ1) is 17.6. The van der Waals surface area contributed by atoms with Crippen molar-refractivity contribution in [2.75, 3.05) is 26.2 Å². The first-order valence-corrected chi connectivity index (χ1v) is 7.85. The number of hydrogen-bond acceptors (Lipinski definition) is 2. The monoisotopic (exact) mass is 294 g/mol. The summed E-state index contributed by atoms with van der Waals surface area (Å²) in [5.41, 5.74) is 0.905. The van der Waals surface area contributed by atoms with Gasteiger partial charge >= 0.3 is 0 Å². The van der Waals surface area contributed by atoms with E-state index in [0.29, 0.717) is 13.1 Å². The van der Waals surface area contributed by atoms with E-state index in [0.717, 1.165) is 38.0 Å². The van der Waals surface area contributed by atoms with Crippen molar-refractivity contribution in [2.24, 2.45) is 0 Å². The first-order chi connectivity index (χ1) is 10.1. The van der Waals surface area contributed by atoms with Gasteiger partial charge in [-0.1, -0.05) is 32.9 Å². The van der Waals surface area contributed by atoms with Crippen LogP contribution in [0.25, 0.3) is 0 Å². The average Bonchev–Trinajstić information content (AvgIpc) is 2.46. The van der Waals surface area contributed by atoms with Gasteiger partial charge < -0.3 is 4.90 Å². The SMILES string of the molecule is CCCN(CCC)C(=O)CN(CC)Cc1cccc(F)c1. The van der Waals surface area contributed by atoms with Crippen molar-refractivity contribution >= 4 is 5.91 Å². The minimum atomic E-state index is -0.228. The Balaban J connectivity index is 2.61. The summed E-state index contributed by atoms with van der Waals surface area (Å²) in [5.74, 6) is -0.0644. The van der Waals surface area contributed by atoms with E-state index >= 15 is 0 Å². The molecule has 0 bridgehead atoms. The van der Waals surface area contributed by atoms with Gasteiger partial charge in [0.05, 0.1) is 6.54 Å². The van der Waals surface area contributed by atoms with Gasteiger partial charge in [0.2, 0.25) is 5.91 Å². The van der Waals surface area contributed by atoms with E-state index in [1.165, 1.54) is 12.1 Å². The molecule has 1 aromatic rings. The molecule has 0 atom stereocenters. The topological polar surface area (TPSA) is 23.6 Å². The Kier molecular flexibility index (Phi) is 7.98. The standard InChI is InChI=1S/C17H27FN2O/c1-4-10-20(11-5-2)17(21)14-19(6-3)13-15-8-7-9-16(18)12-15/h7-9,12H,4-6,10-11,13-14H2,1-3H3. The Morgan fingerprint density at radius 2 is 1.81 bits per heavy atom. The third kappa shape index (κ3) is 6.25. The fraction of sp³-hybridized carbons (Fsp3) is 0.588. The highest BCUT2D eigenvalue weighted by Gasteiger charge is 2.15. The maximum absolute atomic E-state index is 13.2. The molecular weight excluding hydrogens is 267 g/mol. The van der Waals surface area contributed by atoms with Crippen molar-refractivity contribution in [1.29, 1.82) is 0 Å². The molecule has 118 valence electrons. The molecule has 0 aliphatic heterocycles. The van der Waals surface area contributed by atoms with E-state index in [2.05, 4.69) is 18.7 Å². The smallest absolute Gasteiger partial charge is 0.236 e. The molecule has 1 amide bonds. The molecule has 0 N–H and O–H groups in total. The predicted octanol–water partition coefficient (Wildman–Crippen LogP) is 3.30. The molecule has 21 heavy (non-hydrogen) atoms. The fourth-order valence-electron chi connectivity index (χ4n) is 2.37. The summed E-state index contributed by atoms with van der Waals surface area (Å²) in [6.45, 7) is 9.58. The quantitative estimate of drug-likeness (QED) is 0.697. The molecule has 0 spiro atoms. The number of carbonyl (C=O) groups excluding carboxylic acids is 1. The van der Waals surface area contributed by atoms with E-state index in [4.69, 9.17) is 0 Å². The lowest BCUT2D eigenvalue weighted by atomic mass is 10.2. The van der Waals surface area contributed by atoms with Crippen LogP contribution in [0, 0.1) is 5.82 Å². The van der Waals surface area contributed by atoms with Crippen LogP contribution in [0.1, 0.15) is 39.2 Å². The summed E-state index contributed by atoms with van der Waals surface area (Å²) in [7, 11) is 0. The van der Waals surface area contributed by atoms with Crippen molar-refractivity contribution in [3.05, 3.63) is 35.6 Å². The molecule has 0 aromatic heterocycles. The molecular formula is C17H27FN2O. The van der Waals surface area contributed by atoms with Crippen LogP contribution in [0.3, 0.4) is 0 Å². The zero-order chi connectivity index (χ0) is 15.7. The Morgan fingerprint density at radius 1 is 1.14 bits per heavy atom. The summed E-state index contributed by atoms with van der Waals surface area (Å²) in [6.07, 6.45) is 1.95. The number of rotatable bonds is 9. The Labute approximate surface area is 127 Å². The minimum absolute atomic E-state index is 0.164. The maximum Gasteiger partial charge on any atom is 0.236 e. The molecule has 0 radical (unpaired) electrons. The highest BCUT2D eigenvalue weighted by atomic mass is 19.1. The second kappa shape index (κ2) is 9.50. The van der Waals surface area contributed by atoms with Crippen LogP contribution in [-0.4, -0.2) is 41.9 Å². The summed E-state index contributed by atoms with van der Waals surface area (Å²) < 4.78 is 13.2. The molecule has 4 heteroatoms. The van der Waals surface area contributed by atoms with Crippen molar-refractivity contribution in [3.8, 4) is 0 Å². The normalized spacial score (nSPS) is 10.9. The van der Waals surface area contributed by atoms with Gasteiger partial charge in [0.15, 0.2) is 0 Å². The Bertz CT molecular complexity index is 431. The largest absolute Gasteiger partial charge is 0.342 e. The Morgan fingerprint density at radius 3 is 2.33 bits per heavy atom. The molecule has 0 fully saturated rings. The number of amides is 1. The van der Waals surface area contributed by atoms with Gasteiger partial charge in [-0.2, -0.15) is 0 Å². The summed E-state index contributed by atoms with van der Waals surface area (Å²) in [4.78, 5) is 16.3. The molecule has 0 heterocycles. The molecule has 0 aliphatic rings. The highest BCUT2D eigenvalue weighted by molar-refractivity contribution is 5.78. The zero-order valence-corrected chi connectivity index (χ0v) is 13.4. The summed E-state index contributed by atoms with van der Waals surface area (Å²) >= 11 is 0. The molecule has 1 aromatic carbocycles. The second-order valence-electron chi connectivity index (χ2n) is 5.31. The molecule has 0 saturated carbocycles. The summed E-state index contributed by atoms with van der Waals surface area (Å²) in [6, 6.07) is 6.57. The van der Waals surface area contributed by atoms with Crippen molar-refractivity contribution < 1.29 is 9.18 Å². The molecule has 1 rings (SSSR count). The van der Waals surface area contributed by atoms with Crippen LogP contribution in [0.15, 0.2) is 24.3 Å². The van der Waals surface area contributed by atoms with Gasteiger partial charge in [-0.3, -0.25) is 9.69 Å². The molecule has 0 saturated heterocycles. The molecule has 0 aliphatic carbocycles. The lowest BCUT2D eigenvalue weighted by Crippen LogP contribution is -2.40. The lowest BCUT2D eigenvalue weighted by molar-refractivity contribution is -0.132. The molecule has 0 unspecified atom stereocenters. The van der Waals surface area contributed by atoms with E-state index in [-0.39, 0.29) is 11.7 Å². The number of hydrogen-bond donors (Lipinski definition) is 0. The van der Waals surface area contributed by atoms with Crippen LogP contribution in [-0.2, 0) is 11.3 Å². The number of benzene rings is 1. The number of nitrogens with zero attached hydrogens (tertiary/aromatic N) is 2. The van der Waals surface area contributed by atoms with Crippen LogP contribution < -0.4 is 0 Å². The maximum atomic E-state index is 13.2. The van der Waals surface area contributed by atoms with E-state index < -0.39 is 0 Å². The first-order valence-electron chi connectivity index (χ1n) is 7.85. The third-order valence-electron chi connectivity index (χ3n) is 3.44. The van der Waals surface area contributed by atoms with Gasteiger partial charge in [0, 0.05) is 19.6 Å². The van der Waals surface area contributed by atoms with Gasteiger partial charge in [-0.25, -0.2) is 4.39 Å². The predicted molar refractivity (Wildman–Crippen MR) is 84.5 cm³/mol. The number of carbonyl (C=O) groups is 1. The van der Waals surface area contributed by atoms with E-state index in [1.807, 2.05) is 17.9 Å². The average molecular weight is 294 g/mol. The van der Waals surface area contributed by atoms with Crippen LogP contribution in [0.5, 0.6) is 0 Å². The lowest BCUT2D eigenvalue weighted by Gasteiger charge is -2.26. The van der Waals surface area contributed by atoms with Gasteiger partial charge in [0.1, 0.15) is 5.82 Å². The van der Waals surface area contributed by atoms with E-state index in [1.54, 1.807) is 6.07 Å². The van der Waals surface area contributed by atoms with Crippen molar-refractivity contribution in [2.45, 2.75) is 40.2 Å². The number of likely N-dealkylation sites (N-methyl/N-ethyl adjacent to an activating group) is 1. The number of halogens is 1. The van der Waals surface area contributed by atoms with E-state index in [9.17, 15) is 9.18 Å². The van der Waals surface area contributed by atoms with Crippen molar-refractivity contribution in [3.63, 3.8) is 0 Å². The van der Waals surface area contributed by atoms with Gasteiger partial charge in [0.25, 0.3) is 0 Å². The third-order valence-corrected chi connectivity index (χ3v) is 3.44. The van der Waals surface area contributed by atoms with Crippen LogP contribution in [0.4, 0.5) is 4.39 Å². The second-order valence-corrected chi connectivity index (χ2v) is 5.31. The van der Waals surface area contributed by atoms with Gasteiger partial charge in [-0.15, -0.1) is 0 Å². The van der Waals surface area contributed by atoms with Crippen molar-refractivity contribution in [1.82, 2.24) is 9.80 Å². The molecule has 3 nitrogen and oxygen atoms in total.